The van der Waals surface area contributed by atoms with Crippen molar-refractivity contribution in [1.29, 1.82) is 0 Å². The Bertz CT molecular complexity index is 561. The normalized spacial score (nSPS) is 10.3. The molecule has 0 amide bonds. The van der Waals surface area contributed by atoms with E-state index in [1.54, 1.807) is 16.9 Å². The topological polar surface area (TPSA) is 57.0 Å². The van der Waals surface area contributed by atoms with Gasteiger partial charge in [0.1, 0.15) is 0 Å². The standard InChI is InChI=1S/C12H13N3O2/c1-8-4-5-10(11(13-8)12(16)17-3)15-7-6-9(2)14-15/h4-7H,1-3H3. The van der Waals surface area contributed by atoms with Crippen molar-refractivity contribution in [2.45, 2.75) is 13.8 Å². The lowest BCUT2D eigenvalue weighted by atomic mass is 10.2. The molecule has 0 aliphatic carbocycles. The number of carbonyl (C=O) groups excluding carboxylic acids is 1. The molecule has 2 aromatic heterocycles. The maximum atomic E-state index is 11.6. The van der Waals surface area contributed by atoms with Gasteiger partial charge >= 0.3 is 5.97 Å². The molecule has 5 heteroatoms. The van der Waals surface area contributed by atoms with Crippen molar-refractivity contribution in [3.8, 4) is 5.69 Å². The smallest absolute Gasteiger partial charge is 0.358 e. The van der Waals surface area contributed by atoms with Gasteiger partial charge in [-0.15, -0.1) is 0 Å². The summed E-state index contributed by atoms with van der Waals surface area (Å²) >= 11 is 0. The van der Waals surface area contributed by atoms with E-state index in [4.69, 9.17) is 4.74 Å². The van der Waals surface area contributed by atoms with E-state index in [0.717, 1.165) is 11.4 Å². The van der Waals surface area contributed by atoms with E-state index in [0.29, 0.717) is 5.69 Å². The number of carbonyl (C=O) groups is 1. The Morgan fingerprint density at radius 1 is 1.24 bits per heavy atom. The van der Waals surface area contributed by atoms with Gasteiger partial charge in [-0.05, 0) is 32.0 Å². The van der Waals surface area contributed by atoms with Crippen LogP contribution in [0.1, 0.15) is 21.9 Å². The molecule has 2 rings (SSSR count). The number of rotatable bonds is 2. The maximum absolute atomic E-state index is 11.6. The lowest BCUT2D eigenvalue weighted by Crippen LogP contribution is -2.11. The van der Waals surface area contributed by atoms with Crippen LogP contribution in [0.2, 0.25) is 0 Å². The van der Waals surface area contributed by atoms with Gasteiger partial charge < -0.3 is 4.74 Å². The average Bonchev–Trinajstić information content (AvgIpc) is 2.74. The molecule has 0 fully saturated rings. The summed E-state index contributed by atoms with van der Waals surface area (Å²) in [5.74, 6) is -0.461. The Kier molecular flexibility index (Phi) is 2.91. The fourth-order valence-corrected chi connectivity index (χ4v) is 1.53. The quantitative estimate of drug-likeness (QED) is 0.738. The number of pyridine rings is 1. The summed E-state index contributed by atoms with van der Waals surface area (Å²) in [6, 6.07) is 5.50. The number of ether oxygens (including phenoxy) is 1. The zero-order valence-corrected chi connectivity index (χ0v) is 9.97. The van der Waals surface area contributed by atoms with E-state index in [2.05, 4.69) is 10.1 Å². The highest BCUT2D eigenvalue weighted by Crippen LogP contribution is 2.14. The first-order chi connectivity index (χ1) is 8.11. The Hall–Kier alpha value is -2.17. The first-order valence-electron chi connectivity index (χ1n) is 5.20. The summed E-state index contributed by atoms with van der Waals surface area (Å²) in [4.78, 5) is 15.8. The Morgan fingerprint density at radius 2 is 2.00 bits per heavy atom. The molecule has 2 aromatic rings. The average molecular weight is 231 g/mol. The first kappa shape index (κ1) is 11.3. The highest BCUT2D eigenvalue weighted by Gasteiger charge is 2.15. The van der Waals surface area contributed by atoms with Gasteiger partial charge in [-0.2, -0.15) is 5.10 Å². The second-order valence-corrected chi connectivity index (χ2v) is 3.71. The third-order valence-electron chi connectivity index (χ3n) is 2.36. The molecule has 17 heavy (non-hydrogen) atoms. The molecule has 0 bridgehead atoms. The van der Waals surface area contributed by atoms with Crippen molar-refractivity contribution in [2.24, 2.45) is 0 Å². The molecule has 0 saturated carbocycles. The van der Waals surface area contributed by atoms with Crippen LogP contribution in [0.5, 0.6) is 0 Å². The van der Waals surface area contributed by atoms with E-state index in [-0.39, 0.29) is 5.69 Å². The molecule has 0 atom stereocenters. The second kappa shape index (κ2) is 4.37. The molecule has 0 spiro atoms. The van der Waals surface area contributed by atoms with Crippen molar-refractivity contribution in [3.63, 3.8) is 0 Å². The van der Waals surface area contributed by atoms with Crippen LogP contribution in [0, 0.1) is 13.8 Å². The van der Waals surface area contributed by atoms with Gasteiger partial charge in [0.05, 0.1) is 18.5 Å². The molecule has 0 unspecified atom stereocenters. The van der Waals surface area contributed by atoms with Crippen molar-refractivity contribution in [2.75, 3.05) is 7.11 Å². The van der Waals surface area contributed by atoms with E-state index in [1.807, 2.05) is 26.0 Å². The Morgan fingerprint density at radius 3 is 2.59 bits per heavy atom. The van der Waals surface area contributed by atoms with E-state index >= 15 is 0 Å². The molecular weight excluding hydrogens is 218 g/mol. The minimum atomic E-state index is -0.461. The second-order valence-electron chi connectivity index (χ2n) is 3.71. The summed E-state index contributed by atoms with van der Waals surface area (Å²) in [7, 11) is 1.34. The fourth-order valence-electron chi connectivity index (χ4n) is 1.53. The van der Waals surface area contributed by atoms with Crippen LogP contribution >= 0.6 is 0 Å². The predicted molar refractivity (Wildman–Crippen MR) is 62.2 cm³/mol. The largest absolute Gasteiger partial charge is 0.464 e. The number of aryl methyl sites for hydroxylation is 2. The van der Waals surface area contributed by atoms with E-state index in [1.165, 1.54) is 7.11 Å². The number of esters is 1. The number of hydrogen-bond acceptors (Lipinski definition) is 4. The van der Waals surface area contributed by atoms with E-state index < -0.39 is 5.97 Å². The van der Waals surface area contributed by atoms with Crippen LogP contribution in [-0.2, 0) is 4.74 Å². The molecule has 5 nitrogen and oxygen atoms in total. The first-order valence-corrected chi connectivity index (χ1v) is 5.20. The molecule has 2 heterocycles. The fraction of sp³-hybridized carbons (Fsp3) is 0.250. The minimum Gasteiger partial charge on any atom is -0.464 e. The summed E-state index contributed by atoms with van der Waals surface area (Å²) in [6.07, 6.45) is 1.79. The SMILES string of the molecule is COC(=O)c1nc(C)ccc1-n1ccc(C)n1. The van der Waals surface area contributed by atoms with Crippen LogP contribution in [0.3, 0.4) is 0 Å². The van der Waals surface area contributed by atoms with Gasteiger partial charge in [0.2, 0.25) is 0 Å². The number of hydrogen-bond donors (Lipinski definition) is 0. The number of aromatic nitrogens is 3. The third kappa shape index (κ3) is 2.18. The highest BCUT2D eigenvalue weighted by atomic mass is 16.5. The number of methoxy groups -OCH3 is 1. The highest BCUT2D eigenvalue weighted by molar-refractivity contribution is 5.91. The van der Waals surface area contributed by atoms with Gasteiger partial charge in [-0.25, -0.2) is 14.5 Å². The molecule has 0 aromatic carbocycles. The van der Waals surface area contributed by atoms with Crippen LogP contribution in [-0.4, -0.2) is 27.8 Å². The summed E-state index contributed by atoms with van der Waals surface area (Å²) in [6.45, 7) is 3.71. The Labute approximate surface area is 99.1 Å². The van der Waals surface area contributed by atoms with Gasteiger partial charge in [0, 0.05) is 11.9 Å². The van der Waals surface area contributed by atoms with Crippen molar-refractivity contribution in [1.82, 2.24) is 14.8 Å². The molecular formula is C12H13N3O2. The molecule has 0 aliphatic heterocycles. The zero-order chi connectivity index (χ0) is 12.4. The molecule has 0 aliphatic rings. The summed E-state index contributed by atoms with van der Waals surface area (Å²) in [5.41, 5.74) is 2.53. The van der Waals surface area contributed by atoms with Gasteiger partial charge in [0.15, 0.2) is 5.69 Å². The lowest BCUT2D eigenvalue weighted by molar-refractivity contribution is 0.0593. The van der Waals surface area contributed by atoms with Crippen LogP contribution in [0.4, 0.5) is 0 Å². The lowest BCUT2D eigenvalue weighted by Gasteiger charge is -2.07. The van der Waals surface area contributed by atoms with Crippen molar-refractivity contribution in [3.05, 3.63) is 41.5 Å². The van der Waals surface area contributed by atoms with Crippen LogP contribution in [0.15, 0.2) is 24.4 Å². The Balaban J connectivity index is 2.57. The van der Waals surface area contributed by atoms with Gasteiger partial charge in [-0.1, -0.05) is 0 Å². The van der Waals surface area contributed by atoms with Crippen molar-refractivity contribution < 1.29 is 9.53 Å². The monoisotopic (exact) mass is 231 g/mol. The van der Waals surface area contributed by atoms with Crippen molar-refractivity contribution >= 4 is 5.97 Å². The van der Waals surface area contributed by atoms with Crippen LogP contribution in [0.25, 0.3) is 5.69 Å². The predicted octanol–water partition coefficient (Wildman–Crippen LogP) is 1.67. The summed E-state index contributed by atoms with van der Waals surface area (Å²) in [5, 5.41) is 4.26. The third-order valence-corrected chi connectivity index (χ3v) is 2.36. The minimum absolute atomic E-state index is 0.274. The summed E-state index contributed by atoms with van der Waals surface area (Å²) < 4.78 is 6.34. The van der Waals surface area contributed by atoms with E-state index in [9.17, 15) is 4.79 Å². The molecule has 0 radical (unpaired) electrons. The molecule has 0 saturated heterocycles. The zero-order valence-electron chi connectivity index (χ0n) is 9.97. The van der Waals surface area contributed by atoms with Gasteiger partial charge in [0.25, 0.3) is 0 Å². The molecule has 0 N–H and O–H groups in total. The maximum Gasteiger partial charge on any atom is 0.358 e. The van der Waals surface area contributed by atoms with Gasteiger partial charge in [-0.3, -0.25) is 0 Å². The number of nitrogens with zero attached hydrogens (tertiary/aromatic N) is 3. The van der Waals surface area contributed by atoms with Crippen LogP contribution < -0.4 is 0 Å². The molecule has 88 valence electrons.